The predicted molar refractivity (Wildman–Crippen MR) is 77.1 cm³/mol. The number of aromatic nitrogens is 2. The number of benzene rings is 1. The molecule has 1 aliphatic heterocycles. The van der Waals surface area contributed by atoms with Crippen molar-refractivity contribution in [3.05, 3.63) is 48.4 Å². The molecule has 0 radical (unpaired) electrons. The lowest BCUT2D eigenvalue weighted by Gasteiger charge is -2.16. The summed E-state index contributed by atoms with van der Waals surface area (Å²) in [7, 11) is 0. The number of rotatable bonds is 3. The van der Waals surface area contributed by atoms with E-state index in [0.717, 1.165) is 5.69 Å². The van der Waals surface area contributed by atoms with E-state index in [0.29, 0.717) is 31.0 Å². The van der Waals surface area contributed by atoms with Gasteiger partial charge in [0, 0.05) is 31.3 Å². The summed E-state index contributed by atoms with van der Waals surface area (Å²) in [5.74, 6) is 1.58. The zero-order chi connectivity index (χ0) is 13.9. The minimum Gasteiger partial charge on any atom is -0.384 e. The maximum absolute atomic E-state index is 12.1. The fraction of sp³-hybridized carbons (Fsp3) is 0.267. The molecule has 0 spiro atoms. The molecule has 102 valence electrons. The summed E-state index contributed by atoms with van der Waals surface area (Å²) in [6.07, 6.45) is 2.87. The molecule has 0 saturated carbocycles. The van der Waals surface area contributed by atoms with Gasteiger partial charge >= 0.3 is 0 Å². The first-order chi connectivity index (χ1) is 9.72. The molecule has 1 saturated heterocycles. The van der Waals surface area contributed by atoms with Crippen LogP contribution in [0, 0.1) is 5.92 Å². The lowest BCUT2D eigenvalue weighted by Crippen LogP contribution is -2.24. The van der Waals surface area contributed by atoms with Crippen molar-refractivity contribution >= 4 is 17.4 Å². The Kier molecular flexibility index (Phi) is 3.33. The number of nitrogen functional groups attached to an aromatic ring is 1. The van der Waals surface area contributed by atoms with Gasteiger partial charge in [0.25, 0.3) is 0 Å². The molecule has 5 heteroatoms. The Labute approximate surface area is 117 Å². The molecular formula is C15H16N4O. The second kappa shape index (κ2) is 5.28. The summed E-state index contributed by atoms with van der Waals surface area (Å²) in [6, 6.07) is 11.4. The Morgan fingerprint density at radius 3 is 2.80 bits per heavy atom. The van der Waals surface area contributed by atoms with Gasteiger partial charge in [0.05, 0.1) is 0 Å². The SMILES string of the molecule is Nc1ccnc(C[C@H]2CC(=O)N(c3ccccc3)C2)n1. The second-order valence-corrected chi connectivity index (χ2v) is 5.01. The van der Waals surface area contributed by atoms with Crippen molar-refractivity contribution in [3.63, 3.8) is 0 Å². The van der Waals surface area contributed by atoms with Crippen molar-refractivity contribution in [2.45, 2.75) is 12.8 Å². The van der Waals surface area contributed by atoms with Gasteiger partial charge in [-0.05, 0) is 24.1 Å². The molecule has 1 fully saturated rings. The molecule has 3 rings (SSSR count). The van der Waals surface area contributed by atoms with Crippen LogP contribution in [0.1, 0.15) is 12.2 Å². The summed E-state index contributed by atoms with van der Waals surface area (Å²) in [5, 5.41) is 0. The zero-order valence-electron chi connectivity index (χ0n) is 11.1. The monoisotopic (exact) mass is 268 g/mol. The van der Waals surface area contributed by atoms with Crippen LogP contribution >= 0.6 is 0 Å². The van der Waals surface area contributed by atoms with Crippen LogP contribution in [0.2, 0.25) is 0 Å². The Morgan fingerprint density at radius 2 is 2.05 bits per heavy atom. The average Bonchev–Trinajstić information content (AvgIpc) is 2.80. The number of nitrogens with two attached hydrogens (primary N) is 1. The van der Waals surface area contributed by atoms with Crippen molar-refractivity contribution < 1.29 is 4.79 Å². The molecule has 2 aromatic rings. The number of nitrogens with zero attached hydrogens (tertiary/aromatic N) is 3. The fourth-order valence-electron chi connectivity index (χ4n) is 2.55. The highest BCUT2D eigenvalue weighted by molar-refractivity contribution is 5.95. The van der Waals surface area contributed by atoms with Crippen LogP contribution in [-0.2, 0) is 11.2 Å². The molecular weight excluding hydrogens is 252 g/mol. The van der Waals surface area contributed by atoms with E-state index >= 15 is 0 Å². The van der Waals surface area contributed by atoms with E-state index in [9.17, 15) is 4.79 Å². The molecule has 0 aliphatic carbocycles. The summed E-state index contributed by atoms with van der Waals surface area (Å²) in [4.78, 5) is 22.3. The summed E-state index contributed by atoms with van der Waals surface area (Å²) >= 11 is 0. The smallest absolute Gasteiger partial charge is 0.227 e. The summed E-state index contributed by atoms with van der Waals surface area (Å²) in [5.41, 5.74) is 6.60. The molecule has 0 bridgehead atoms. The normalized spacial score (nSPS) is 18.5. The molecule has 20 heavy (non-hydrogen) atoms. The maximum atomic E-state index is 12.1. The first-order valence-electron chi connectivity index (χ1n) is 6.65. The van der Waals surface area contributed by atoms with E-state index in [1.54, 1.807) is 12.3 Å². The van der Waals surface area contributed by atoms with E-state index in [-0.39, 0.29) is 11.8 Å². The van der Waals surface area contributed by atoms with E-state index in [4.69, 9.17) is 5.73 Å². The van der Waals surface area contributed by atoms with Crippen LogP contribution in [0.3, 0.4) is 0 Å². The zero-order valence-corrected chi connectivity index (χ0v) is 11.1. The number of anilines is 2. The standard InChI is InChI=1S/C15H16N4O/c16-13-6-7-17-14(18-13)8-11-9-15(20)19(10-11)12-4-2-1-3-5-12/h1-7,11H,8-10H2,(H2,16,17,18)/t11-/m0/s1. The Morgan fingerprint density at radius 1 is 1.25 bits per heavy atom. The largest absolute Gasteiger partial charge is 0.384 e. The second-order valence-electron chi connectivity index (χ2n) is 5.01. The van der Waals surface area contributed by atoms with Crippen molar-refractivity contribution in [2.24, 2.45) is 5.92 Å². The molecule has 1 amide bonds. The number of para-hydroxylation sites is 1. The van der Waals surface area contributed by atoms with Gasteiger partial charge in [-0.3, -0.25) is 4.79 Å². The van der Waals surface area contributed by atoms with E-state index in [2.05, 4.69) is 9.97 Å². The number of amides is 1. The van der Waals surface area contributed by atoms with Crippen molar-refractivity contribution in [3.8, 4) is 0 Å². The van der Waals surface area contributed by atoms with Crippen LogP contribution in [0.5, 0.6) is 0 Å². The molecule has 1 atom stereocenters. The number of carbonyl (C=O) groups is 1. The molecule has 5 nitrogen and oxygen atoms in total. The molecule has 1 aromatic heterocycles. The molecule has 1 aromatic carbocycles. The van der Waals surface area contributed by atoms with Crippen LogP contribution in [0.15, 0.2) is 42.6 Å². The van der Waals surface area contributed by atoms with Crippen LogP contribution in [0.4, 0.5) is 11.5 Å². The number of carbonyl (C=O) groups excluding carboxylic acids is 1. The fourth-order valence-corrected chi connectivity index (χ4v) is 2.55. The highest BCUT2D eigenvalue weighted by atomic mass is 16.2. The van der Waals surface area contributed by atoms with E-state index in [1.807, 2.05) is 35.2 Å². The lowest BCUT2D eigenvalue weighted by atomic mass is 10.0. The number of hydrogen-bond donors (Lipinski definition) is 1. The summed E-state index contributed by atoms with van der Waals surface area (Å²) in [6.45, 7) is 0.709. The van der Waals surface area contributed by atoms with E-state index < -0.39 is 0 Å². The van der Waals surface area contributed by atoms with Gasteiger partial charge in [0.2, 0.25) is 5.91 Å². The van der Waals surface area contributed by atoms with Crippen molar-refractivity contribution in [1.29, 1.82) is 0 Å². The van der Waals surface area contributed by atoms with Crippen LogP contribution in [-0.4, -0.2) is 22.4 Å². The first-order valence-corrected chi connectivity index (χ1v) is 6.65. The van der Waals surface area contributed by atoms with Gasteiger partial charge in [-0.25, -0.2) is 9.97 Å². The minimum atomic E-state index is 0.158. The van der Waals surface area contributed by atoms with Gasteiger partial charge in [-0.1, -0.05) is 18.2 Å². The van der Waals surface area contributed by atoms with E-state index in [1.165, 1.54) is 0 Å². The minimum absolute atomic E-state index is 0.158. The molecule has 0 unspecified atom stereocenters. The molecule has 2 N–H and O–H groups in total. The third-order valence-electron chi connectivity index (χ3n) is 3.47. The Hall–Kier alpha value is -2.43. The Balaban J connectivity index is 1.71. The van der Waals surface area contributed by atoms with Crippen LogP contribution in [0.25, 0.3) is 0 Å². The maximum Gasteiger partial charge on any atom is 0.227 e. The quantitative estimate of drug-likeness (QED) is 0.918. The molecule has 1 aliphatic rings. The van der Waals surface area contributed by atoms with Gasteiger partial charge < -0.3 is 10.6 Å². The van der Waals surface area contributed by atoms with Gasteiger partial charge in [0.1, 0.15) is 11.6 Å². The third kappa shape index (κ3) is 2.61. The summed E-state index contributed by atoms with van der Waals surface area (Å²) < 4.78 is 0. The van der Waals surface area contributed by atoms with Gasteiger partial charge in [-0.2, -0.15) is 0 Å². The van der Waals surface area contributed by atoms with Gasteiger partial charge in [0.15, 0.2) is 0 Å². The first kappa shape index (κ1) is 12.6. The molecule has 2 heterocycles. The van der Waals surface area contributed by atoms with Crippen molar-refractivity contribution in [2.75, 3.05) is 17.2 Å². The average molecular weight is 268 g/mol. The highest BCUT2D eigenvalue weighted by Gasteiger charge is 2.31. The third-order valence-corrected chi connectivity index (χ3v) is 3.47. The predicted octanol–water partition coefficient (Wildman–Crippen LogP) is 1.65. The highest BCUT2D eigenvalue weighted by Crippen LogP contribution is 2.26. The lowest BCUT2D eigenvalue weighted by molar-refractivity contribution is -0.117. The topological polar surface area (TPSA) is 72.1 Å². The van der Waals surface area contributed by atoms with Crippen LogP contribution < -0.4 is 10.6 Å². The number of hydrogen-bond acceptors (Lipinski definition) is 4. The van der Waals surface area contributed by atoms with Crippen molar-refractivity contribution in [1.82, 2.24) is 9.97 Å². The Bertz CT molecular complexity index is 614. The van der Waals surface area contributed by atoms with Gasteiger partial charge in [-0.15, -0.1) is 0 Å².